The van der Waals surface area contributed by atoms with E-state index in [1.165, 1.54) is 16.4 Å². The maximum Gasteiger partial charge on any atom is 0.246 e. The van der Waals surface area contributed by atoms with Gasteiger partial charge in [-0.3, -0.25) is 0 Å². The summed E-state index contributed by atoms with van der Waals surface area (Å²) in [6.07, 6.45) is 0.747. The van der Waals surface area contributed by atoms with Gasteiger partial charge in [-0.15, -0.1) is 0 Å². The van der Waals surface area contributed by atoms with Gasteiger partial charge in [0.25, 0.3) is 0 Å². The third-order valence-electron chi connectivity index (χ3n) is 4.58. The first-order chi connectivity index (χ1) is 11.8. The van der Waals surface area contributed by atoms with Crippen molar-refractivity contribution in [3.8, 4) is 11.1 Å². The Morgan fingerprint density at radius 2 is 1.76 bits per heavy atom. The molecule has 2 aromatic carbocycles. The smallest absolute Gasteiger partial charge is 0.246 e. The van der Waals surface area contributed by atoms with Gasteiger partial charge in [0.2, 0.25) is 10.0 Å². The van der Waals surface area contributed by atoms with Crippen LogP contribution in [0, 0.1) is 5.82 Å². The largest absolute Gasteiger partial charge is 0.305 e. The number of benzene rings is 2. The van der Waals surface area contributed by atoms with Gasteiger partial charge >= 0.3 is 0 Å². The van der Waals surface area contributed by atoms with E-state index >= 15 is 0 Å². The van der Waals surface area contributed by atoms with Gasteiger partial charge in [0.05, 0.1) is 0 Å². The van der Waals surface area contributed by atoms with Crippen molar-refractivity contribution in [2.75, 3.05) is 27.2 Å². The Hall–Kier alpha value is -1.47. The Morgan fingerprint density at radius 1 is 1.12 bits per heavy atom. The van der Waals surface area contributed by atoms with Crippen LogP contribution in [0.2, 0.25) is 5.02 Å². The van der Waals surface area contributed by atoms with Crippen LogP contribution in [-0.4, -0.2) is 50.8 Å². The fourth-order valence-corrected chi connectivity index (χ4v) is 4.69. The number of sulfonamides is 1. The van der Waals surface area contributed by atoms with Gasteiger partial charge < -0.3 is 4.90 Å². The third kappa shape index (κ3) is 3.72. The van der Waals surface area contributed by atoms with Gasteiger partial charge in [-0.05, 0) is 55.9 Å². The molecule has 0 N–H and O–H groups in total. The molecule has 1 fully saturated rings. The van der Waals surface area contributed by atoms with Crippen LogP contribution in [0.4, 0.5) is 4.39 Å². The quantitative estimate of drug-likeness (QED) is 0.813. The minimum atomic E-state index is -3.83. The zero-order valence-electron chi connectivity index (χ0n) is 14.1. The molecule has 0 radical (unpaired) electrons. The minimum absolute atomic E-state index is 0.158. The molecule has 3 rings (SSSR count). The second-order valence-corrected chi connectivity index (χ2v) is 8.76. The summed E-state index contributed by atoms with van der Waals surface area (Å²) in [5, 5.41) is 0.591. The molecule has 0 amide bonds. The highest BCUT2D eigenvalue weighted by atomic mass is 35.5. The van der Waals surface area contributed by atoms with E-state index in [2.05, 4.69) is 0 Å². The van der Waals surface area contributed by atoms with Crippen molar-refractivity contribution in [2.45, 2.75) is 17.4 Å². The lowest BCUT2D eigenvalue weighted by molar-refractivity contribution is 0.302. The number of halogens is 2. The van der Waals surface area contributed by atoms with Crippen molar-refractivity contribution < 1.29 is 12.8 Å². The third-order valence-corrected chi connectivity index (χ3v) is 6.73. The Morgan fingerprint density at radius 3 is 2.32 bits per heavy atom. The molecule has 7 heteroatoms. The highest BCUT2D eigenvalue weighted by Crippen LogP contribution is 2.28. The van der Waals surface area contributed by atoms with Gasteiger partial charge in [0, 0.05) is 24.2 Å². The molecular weight excluding hydrogens is 363 g/mol. The van der Waals surface area contributed by atoms with Gasteiger partial charge in [-0.1, -0.05) is 29.8 Å². The van der Waals surface area contributed by atoms with Crippen molar-refractivity contribution in [1.29, 1.82) is 0 Å². The Labute approximate surface area is 152 Å². The van der Waals surface area contributed by atoms with Crippen LogP contribution >= 0.6 is 11.6 Å². The van der Waals surface area contributed by atoms with Crippen LogP contribution in [-0.2, 0) is 10.0 Å². The molecule has 1 atom stereocenters. The second kappa shape index (κ2) is 7.03. The highest BCUT2D eigenvalue weighted by molar-refractivity contribution is 7.89. The topological polar surface area (TPSA) is 40.6 Å². The Kier molecular flexibility index (Phi) is 5.16. The summed E-state index contributed by atoms with van der Waals surface area (Å²) >= 11 is 5.86. The van der Waals surface area contributed by atoms with Crippen molar-refractivity contribution in [3.63, 3.8) is 0 Å². The van der Waals surface area contributed by atoms with Crippen molar-refractivity contribution in [3.05, 3.63) is 53.3 Å². The molecule has 0 aromatic heterocycles. The molecule has 134 valence electrons. The van der Waals surface area contributed by atoms with E-state index in [1.807, 2.05) is 19.0 Å². The molecule has 0 aliphatic carbocycles. The summed E-state index contributed by atoms with van der Waals surface area (Å²) in [6, 6.07) is 11.4. The monoisotopic (exact) mass is 382 g/mol. The van der Waals surface area contributed by atoms with Crippen molar-refractivity contribution >= 4 is 21.6 Å². The fraction of sp³-hybridized carbons (Fsp3) is 0.333. The Bertz CT molecular complexity index is 869. The zero-order valence-corrected chi connectivity index (χ0v) is 15.7. The molecular formula is C18H20ClFN2O2S. The van der Waals surface area contributed by atoms with E-state index in [-0.39, 0.29) is 10.9 Å². The van der Waals surface area contributed by atoms with E-state index in [9.17, 15) is 12.8 Å². The first kappa shape index (κ1) is 18.3. The second-order valence-electron chi connectivity index (χ2n) is 6.42. The predicted molar refractivity (Wildman–Crippen MR) is 97.7 cm³/mol. The van der Waals surface area contributed by atoms with Crippen molar-refractivity contribution in [2.24, 2.45) is 0 Å². The molecule has 0 unspecified atom stereocenters. The zero-order chi connectivity index (χ0) is 18.2. The highest BCUT2D eigenvalue weighted by Gasteiger charge is 2.34. The van der Waals surface area contributed by atoms with Gasteiger partial charge in [0.1, 0.15) is 10.7 Å². The summed E-state index contributed by atoms with van der Waals surface area (Å²) in [5.41, 5.74) is 1.39. The number of nitrogens with zero attached hydrogens (tertiary/aromatic N) is 2. The van der Waals surface area contributed by atoms with E-state index in [0.717, 1.165) is 12.0 Å². The van der Waals surface area contributed by atoms with Gasteiger partial charge in [0.15, 0.2) is 0 Å². The van der Waals surface area contributed by atoms with Gasteiger partial charge in [-0.2, -0.15) is 4.31 Å². The summed E-state index contributed by atoms with van der Waals surface area (Å²) in [4.78, 5) is 1.72. The molecule has 0 bridgehead atoms. The molecule has 1 aliphatic heterocycles. The lowest BCUT2D eigenvalue weighted by Gasteiger charge is -2.20. The molecule has 25 heavy (non-hydrogen) atoms. The summed E-state index contributed by atoms with van der Waals surface area (Å²) in [7, 11) is 0.00694. The fourth-order valence-electron chi connectivity index (χ4n) is 3.02. The number of rotatable bonds is 4. The van der Waals surface area contributed by atoms with E-state index in [1.54, 1.807) is 30.3 Å². The van der Waals surface area contributed by atoms with Gasteiger partial charge in [-0.25, -0.2) is 12.8 Å². The maximum absolute atomic E-state index is 14.6. The lowest BCUT2D eigenvalue weighted by Crippen LogP contribution is -2.34. The number of hydrogen-bond donors (Lipinski definition) is 0. The van der Waals surface area contributed by atoms with Crippen LogP contribution in [0.3, 0.4) is 0 Å². The van der Waals surface area contributed by atoms with Crippen LogP contribution in [0.25, 0.3) is 11.1 Å². The summed E-state index contributed by atoms with van der Waals surface area (Å²) < 4.78 is 41.5. The molecule has 1 aliphatic rings. The van der Waals surface area contributed by atoms with Crippen LogP contribution < -0.4 is 0 Å². The van der Waals surface area contributed by atoms with E-state index < -0.39 is 15.8 Å². The molecule has 1 heterocycles. The first-order valence-electron chi connectivity index (χ1n) is 8.01. The minimum Gasteiger partial charge on any atom is -0.305 e. The molecule has 0 saturated carbocycles. The average molecular weight is 383 g/mol. The molecule has 0 spiro atoms. The lowest BCUT2D eigenvalue weighted by atomic mass is 10.1. The van der Waals surface area contributed by atoms with Crippen LogP contribution in [0.15, 0.2) is 47.4 Å². The predicted octanol–water partition coefficient (Wildman–Crippen LogP) is 3.47. The van der Waals surface area contributed by atoms with Crippen molar-refractivity contribution in [1.82, 2.24) is 9.21 Å². The normalized spacial score (nSPS) is 18.8. The van der Waals surface area contributed by atoms with E-state index in [0.29, 0.717) is 23.7 Å². The summed E-state index contributed by atoms with van der Waals surface area (Å²) in [5.74, 6) is -0.735. The first-order valence-corrected chi connectivity index (χ1v) is 9.83. The molecule has 1 saturated heterocycles. The average Bonchev–Trinajstić information content (AvgIpc) is 3.06. The SMILES string of the molecule is CN(C)[C@@H]1CCN(S(=O)(=O)c2ccc(-c3ccc(Cl)cc3)cc2F)C1. The Balaban J connectivity index is 1.89. The molecule has 2 aromatic rings. The van der Waals surface area contributed by atoms with E-state index in [4.69, 9.17) is 11.6 Å². The number of hydrogen-bond acceptors (Lipinski definition) is 3. The summed E-state index contributed by atoms with van der Waals surface area (Å²) in [6.45, 7) is 0.789. The van der Waals surface area contributed by atoms with Crippen LogP contribution in [0.1, 0.15) is 6.42 Å². The standard InChI is InChI=1S/C18H20ClFN2O2S/c1-21(2)16-9-10-22(12-16)25(23,24)18-8-5-14(11-17(18)20)13-3-6-15(19)7-4-13/h3-8,11,16H,9-10,12H2,1-2H3/t16-/m1/s1. The number of likely N-dealkylation sites (N-methyl/N-ethyl adjacent to an activating group) is 1. The molecule has 4 nitrogen and oxygen atoms in total. The van der Waals surface area contributed by atoms with Crippen LogP contribution in [0.5, 0.6) is 0 Å². The maximum atomic E-state index is 14.6.